The molecule has 0 amide bonds. The highest BCUT2D eigenvalue weighted by molar-refractivity contribution is 5.88. The third kappa shape index (κ3) is 2.88. The molecule has 1 aliphatic carbocycles. The molecule has 0 fully saturated rings. The zero-order valence-corrected chi connectivity index (χ0v) is 15.2. The molecule has 4 rings (SSSR count). The highest BCUT2D eigenvalue weighted by atomic mass is 16.3. The summed E-state index contributed by atoms with van der Waals surface area (Å²) >= 11 is 0. The van der Waals surface area contributed by atoms with Gasteiger partial charge in [0.05, 0.1) is 11.2 Å². The lowest BCUT2D eigenvalue weighted by atomic mass is 9.72. The van der Waals surface area contributed by atoms with E-state index in [-0.39, 0.29) is 0 Å². The number of aromatic hydroxyl groups is 1. The van der Waals surface area contributed by atoms with Gasteiger partial charge in [-0.1, -0.05) is 39.0 Å². The van der Waals surface area contributed by atoms with Gasteiger partial charge in [0.1, 0.15) is 5.75 Å². The highest BCUT2D eigenvalue weighted by Crippen LogP contribution is 2.41. The molecule has 0 bridgehead atoms. The molecule has 1 aliphatic rings. The second kappa shape index (κ2) is 5.83. The third-order valence-corrected chi connectivity index (χ3v) is 5.59. The van der Waals surface area contributed by atoms with Crippen LogP contribution in [-0.4, -0.2) is 9.78 Å². The summed E-state index contributed by atoms with van der Waals surface area (Å²) in [5.41, 5.74) is 8.84. The Morgan fingerprint density at radius 1 is 1.08 bits per heavy atom. The fraction of sp³-hybridized carbons (Fsp3) is 0.364. The summed E-state index contributed by atoms with van der Waals surface area (Å²) in [4.78, 5) is 0. The van der Waals surface area contributed by atoms with E-state index in [2.05, 4.69) is 43.0 Å². The van der Waals surface area contributed by atoms with Crippen LogP contribution >= 0.6 is 0 Å². The Morgan fingerprint density at radius 2 is 1.84 bits per heavy atom. The van der Waals surface area contributed by atoms with Crippen molar-refractivity contribution < 1.29 is 5.11 Å². The fourth-order valence-electron chi connectivity index (χ4n) is 4.05. The number of aryl methyl sites for hydroxylation is 1. The fourth-order valence-corrected chi connectivity index (χ4v) is 4.05. The molecule has 0 aliphatic heterocycles. The van der Waals surface area contributed by atoms with Crippen molar-refractivity contribution >= 4 is 16.6 Å². The molecule has 3 nitrogen and oxygen atoms in total. The largest absolute Gasteiger partial charge is 0.508 e. The van der Waals surface area contributed by atoms with E-state index in [9.17, 15) is 5.11 Å². The van der Waals surface area contributed by atoms with Crippen LogP contribution in [-0.2, 0) is 12.8 Å². The van der Waals surface area contributed by atoms with Crippen molar-refractivity contribution in [2.45, 2.75) is 40.0 Å². The van der Waals surface area contributed by atoms with Crippen molar-refractivity contribution in [1.82, 2.24) is 4.68 Å². The summed E-state index contributed by atoms with van der Waals surface area (Å²) in [6, 6.07) is 16.0. The molecule has 0 saturated heterocycles. The molecule has 1 heterocycles. The SMILES string of the molecule is CC(C)(C)C1CCc2c(n(Nc3ccccc3)c3ccc(O)cc23)C1. The Labute approximate surface area is 149 Å². The van der Waals surface area contributed by atoms with Crippen molar-refractivity contribution in [3.8, 4) is 5.75 Å². The van der Waals surface area contributed by atoms with Crippen LogP contribution in [0.15, 0.2) is 48.5 Å². The van der Waals surface area contributed by atoms with E-state index in [1.54, 1.807) is 6.07 Å². The van der Waals surface area contributed by atoms with Gasteiger partial charge in [-0.3, -0.25) is 10.1 Å². The van der Waals surface area contributed by atoms with E-state index in [0.717, 1.165) is 24.0 Å². The van der Waals surface area contributed by atoms with Crippen LogP contribution in [0.2, 0.25) is 0 Å². The first-order valence-electron chi connectivity index (χ1n) is 9.11. The molecule has 2 N–H and O–H groups in total. The van der Waals surface area contributed by atoms with E-state index < -0.39 is 0 Å². The van der Waals surface area contributed by atoms with Gasteiger partial charge in [-0.25, -0.2) is 0 Å². The normalized spacial score (nSPS) is 17.5. The Morgan fingerprint density at radius 3 is 2.56 bits per heavy atom. The highest BCUT2D eigenvalue weighted by Gasteiger charge is 2.32. The van der Waals surface area contributed by atoms with Gasteiger partial charge in [-0.05, 0) is 66.5 Å². The molecule has 25 heavy (non-hydrogen) atoms. The molecule has 2 aromatic carbocycles. The number of hydrogen-bond acceptors (Lipinski definition) is 2. The van der Waals surface area contributed by atoms with Gasteiger partial charge in [-0.15, -0.1) is 0 Å². The predicted molar refractivity (Wildman–Crippen MR) is 104 cm³/mol. The molecule has 0 saturated carbocycles. The molecule has 1 atom stereocenters. The van der Waals surface area contributed by atoms with Crippen LogP contribution in [0.5, 0.6) is 5.75 Å². The van der Waals surface area contributed by atoms with Gasteiger partial charge in [0, 0.05) is 11.1 Å². The average Bonchev–Trinajstić information content (AvgIpc) is 2.88. The lowest BCUT2D eigenvalue weighted by molar-refractivity contribution is 0.213. The van der Waals surface area contributed by atoms with E-state index in [0.29, 0.717) is 17.1 Å². The second-order valence-corrected chi connectivity index (χ2v) is 8.25. The first-order chi connectivity index (χ1) is 11.9. The molecular formula is C22H26N2O. The number of benzene rings is 2. The number of hydrogen-bond donors (Lipinski definition) is 2. The van der Waals surface area contributed by atoms with Crippen molar-refractivity contribution in [3.63, 3.8) is 0 Å². The average molecular weight is 334 g/mol. The monoisotopic (exact) mass is 334 g/mol. The number of phenolic OH excluding ortho intramolecular Hbond substituents is 1. The van der Waals surface area contributed by atoms with Gasteiger partial charge < -0.3 is 5.11 Å². The van der Waals surface area contributed by atoms with Crippen molar-refractivity contribution in [2.75, 3.05) is 5.43 Å². The summed E-state index contributed by atoms with van der Waals surface area (Å²) in [6.07, 6.45) is 3.34. The van der Waals surface area contributed by atoms with E-state index >= 15 is 0 Å². The number of nitrogens with one attached hydrogen (secondary N) is 1. The first kappa shape index (κ1) is 16.1. The minimum Gasteiger partial charge on any atom is -0.508 e. The lowest BCUT2D eigenvalue weighted by Crippen LogP contribution is -2.28. The number of phenols is 1. The van der Waals surface area contributed by atoms with Crippen LogP contribution in [0.4, 0.5) is 5.69 Å². The summed E-state index contributed by atoms with van der Waals surface area (Å²) in [5.74, 6) is 0.999. The minimum atomic E-state index is 0.299. The van der Waals surface area contributed by atoms with Gasteiger partial charge in [0.25, 0.3) is 0 Å². The molecule has 1 aromatic heterocycles. The number of fused-ring (bicyclic) bond motifs is 3. The maximum absolute atomic E-state index is 9.98. The molecule has 3 aromatic rings. The quantitative estimate of drug-likeness (QED) is 0.661. The maximum Gasteiger partial charge on any atom is 0.116 e. The summed E-state index contributed by atoms with van der Waals surface area (Å²) in [7, 11) is 0. The summed E-state index contributed by atoms with van der Waals surface area (Å²) < 4.78 is 2.23. The molecule has 3 heteroatoms. The van der Waals surface area contributed by atoms with E-state index in [4.69, 9.17) is 0 Å². The Hall–Kier alpha value is -2.42. The van der Waals surface area contributed by atoms with Gasteiger partial charge in [0.2, 0.25) is 0 Å². The molecule has 0 radical (unpaired) electrons. The van der Waals surface area contributed by atoms with Crippen molar-refractivity contribution in [1.29, 1.82) is 0 Å². The maximum atomic E-state index is 9.98. The number of para-hydroxylation sites is 1. The zero-order chi connectivity index (χ0) is 17.6. The van der Waals surface area contributed by atoms with Gasteiger partial charge in [-0.2, -0.15) is 0 Å². The number of anilines is 1. The topological polar surface area (TPSA) is 37.2 Å². The minimum absolute atomic E-state index is 0.299. The van der Waals surface area contributed by atoms with Gasteiger partial charge >= 0.3 is 0 Å². The van der Waals surface area contributed by atoms with Crippen molar-refractivity contribution in [3.05, 3.63) is 59.8 Å². The number of rotatable bonds is 2. The molecule has 0 spiro atoms. The van der Waals surface area contributed by atoms with Gasteiger partial charge in [0.15, 0.2) is 0 Å². The Kier molecular flexibility index (Phi) is 3.75. The molecule has 1 unspecified atom stereocenters. The third-order valence-electron chi connectivity index (χ3n) is 5.59. The van der Waals surface area contributed by atoms with Crippen molar-refractivity contribution in [2.24, 2.45) is 11.3 Å². The standard InChI is InChI=1S/C22H26N2O/c1-22(2,3)15-9-11-18-19-14-17(25)10-12-20(19)24(21(18)13-15)23-16-7-5-4-6-8-16/h4-8,10,12,14-15,23,25H,9,11,13H2,1-3H3. The predicted octanol–water partition coefficient (Wildman–Crippen LogP) is 5.37. The first-order valence-corrected chi connectivity index (χ1v) is 9.11. The molecule has 130 valence electrons. The molecular weight excluding hydrogens is 308 g/mol. The smallest absolute Gasteiger partial charge is 0.116 e. The van der Waals surface area contributed by atoms with E-state index in [1.165, 1.54) is 23.1 Å². The van der Waals surface area contributed by atoms with E-state index in [1.807, 2.05) is 30.3 Å². The second-order valence-electron chi connectivity index (χ2n) is 8.25. The van der Waals surface area contributed by atoms with Crippen LogP contribution < -0.4 is 5.43 Å². The number of aromatic nitrogens is 1. The number of nitrogens with zero attached hydrogens (tertiary/aromatic N) is 1. The Bertz CT molecular complexity index is 903. The van der Waals surface area contributed by atoms with Crippen LogP contribution in [0, 0.1) is 11.3 Å². The van der Waals surface area contributed by atoms with Crippen LogP contribution in [0.1, 0.15) is 38.4 Å². The lowest BCUT2D eigenvalue weighted by Gasteiger charge is -2.34. The van der Waals surface area contributed by atoms with Crippen LogP contribution in [0.25, 0.3) is 10.9 Å². The zero-order valence-electron chi connectivity index (χ0n) is 15.2. The van der Waals surface area contributed by atoms with Crippen LogP contribution in [0.3, 0.4) is 0 Å². The summed E-state index contributed by atoms with van der Waals surface area (Å²) in [5, 5.41) is 11.2. The summed E-state index contributed by atoms with van der Waals surface area (Å²) in [6.45, 7) is 7.02. The Balaban J connectivity index is 1.86.